The highest BCUT2D eigenvalue weighted by Crippen LogP contribution is 2.33. The third-order valence-electron chi connectivity index (χ3n) is 3.00. The summed E-state index contributed by atoms with van der Waals surface area (Å²) in [6, 6.07) is 4.17. The van der Waals surface area contributed by atoms with E-state index < -0.39 is 0 Å². The average molecular weight is 353 g/mol. The summed E-state index contributed by atoms with van der Waals surface area (Å²) in [5, 5.41) is 17.6. The quantitative estimate of drug-likeness (QED) is 0.552. The number of fused-ring (bicyclic) bond motifs is 1. The SMILES string of the molecule is Cc1nnsc1-c1nnc2sc(-c3cc(F)ccc3Cl)nn12. The Balaban J connectivity index is 1.91. The molecule has 110 valence electrons. The Kier molecular flexibility index (Phi) is 3.13. The minimum atomic E-state index is -0.368. The molecule has 4 aromatic rings. The van der Waals surface area contributed by atoms with Gasteiger partial charge in [-0.05, 0) is 36.7 Å². The molecule has 3 aromatic heterocycles. The second-order valence-corrected chi connectivity index (χ2v) is 6.55. The summed E-state index contributed by atoms with van der Waals surface area (Å²) in [7, 11) is 0. The first-order valence-electron chi connectivity index (χ1n) is 6.10. The third-order valence-corrected chi connectivity index (χ3v) is 5.09. The third kappa shape index (κ3) is 2.09. The molecule has 0 bridgehead atoms. The number of rotatable bonds is 2. The smallest absolute Gasteiger partial charge is 0.207 e. The summed E-state index contributed by atoms with van der Waals surface area (Å²) in [6.07, 6.45) is 0. The van der Waals surface area contributed by atoms with Crippen LogP contribution in [0.3, 0.4) is 0 Å². The summed E-state index contributed by atoms with van der Waals surface area (Å²) in [6.45, 7) is 1.84. The number of aromatic nitrogens is 6. The van der Waals surface area contributed by atoms with Gasteiger partial charge in [-0.25, -0.2) is 4.39 Å². The molecule has 0 unspecified atom stereocenters. The Hall–Kier alpha value is -1.97. The lowest BCUT2D eigenvalue weighted by Gasteiger charge is -1.99. The van der Waals surface area contributed by atoms with Crippen LogP contribution >= 0.6 is 34.5 Å². The van der Waals surface area contributed by atoms with Crippen LogP contribution in [0.2, 0.25) is 5.02 Å². The summed E-state index contributed by atoms with van der Waals surface area (Å²) in [5.41, 5.74) is 1.29. The minimum Gasteiger partial charge on any atom is -0.207 e. The van der Waals surface area contributed by atoms with Crippen LogP contribution in [-0.4, -0.2) is 29.4 Å². The summed E-state index contributed by atoms with van der Waals surface area (Å²) in [4.78, 5) is 1.40. The van der Waals surface area contributed by atoms with Crippen LogP contribution in [0.15, 0.2) is 18.2 Å². The summed E-state index contributed by atoms with van der Waals surface area (Å²) in [5.74, 6) is 0.200. The van der Waals surface area contributed by atoms with E-state index in [1.165, 1.54) is 41.1 Å². The molecule has 6 nitrogen and oxygen atoms in total. The molecule has 0 fully saturated rings. The van der Waals surface area contributed by atoms with Crippen molar-refractivity contribution >= 4 is 39.4 Å². The van der Waals surface area contributed by atoms with Crippen LogP contribution in [0.1, 0.15) is 5.69 Å². The molecular formula is C12H6ClFN6S2. The van der Waals surface area contributed by atoms with E-state index in [0.717, 1.165) is 10.6 Å². The standard InChI is InChI=1S/C12H6ClFN6S2/c1-5-9(22-19-15-5)10-16-17-12-20(10)18-11(21-12)7-4-6(14)2-3-8(7)13/h2-4H,1H3. The van der Waals surface area contributed by atoms with E-state index in [1.54, 1.807) is 4.52 Å². The van der Waals surface area contributed by atoms with Crippen molar-refractivity contribution in [3.05, 3.63) is 34.7 Å². The number of halogens is 2. The highest BCUT2D eigenvalue weighted by molar-refractivity contribution is 7.20. The Morgan fingerprint density at radius 1 is 1.23 bits per heavy atom. The number of nitrogens with zero attached hydrogens (tertiary/aromatic N) is 6. The molecule has 22 heavy (non-hydrogen) atoms. The van der Waals surface area contributed by atoms with Crippen LogP contribution in [0.4, 0.5) is 4.39 Å². The van der Waals surface area contributed by atoms with Gasteiger partial charge >= 0.3 is 0 Å². The second kappa shape index (κ2) is 5.04. The number of aryl methyl sites for hydroxylation is 1. The average Bonchev–Trinajstić information content (AvgIpc) is 3.16. The molecule has 0 amide bonds. The fraction of sp³-hybridized carbons (Fsp3) is 0.0833. The molecule has 0 spiro atoms. The van der Waals surface area contributed by atoms with Gasteiger partial charge in [0.05, 0.1) is 10.7 Å². The van der Waals surface area contributed by atoms with Gasteiger partial charge in [0.1, 0.15) is 15.7 Å². The van der Waals surface area contributed by atoms with Gasteiger partial charge in [-0.15, -0.1) is 15.3 Å². The van der Waals surface area contributed by atoms with E-state index in [4.69, 9.17) is 11.6 Å². The highest BCUT2D eigenvalue weighted by Gasteiger charge is 2.19. The summed E-state index contributed by atoms with van der Waals surface area (Å²) >= 11 is 8.64. The Bertz CT molecular complexity index is 991. The molecule has 3 heterocycles. The van der Waals surface area contributed by atoms with Crippen LogP contribution in [0, 0.1) is 12.7 Å². The molecular weight excluding hydrogens is 347 g/mol. The largest absolute Gasteiger partial charge is 0.235 e. The monoisotopic (exact) mass is 352 g/mol. The fourth-order valence-corrected chi connectivity index (χ4v) is 3.72. The second-order valence-electron chi connectivity index (χ2n) is 4.44. The molecule has 1 aromatic carbocycles. The molecule has 0 atom stereocenters. The Morgan fingerprint density at radius 3 is 2.86 bits per heavy atom. The van der Waals surface area contributed by atoms with Crippen LogP contribution in [-0.2, 0) is 0 Å². The van der Waals surface area contributed by atoms with Gasteiger partial charge < -0.3 is 0 Å². The van der Waals surface area contributed by atoms with E-state index >= 15 is 0 Å². The lowest BCUT2D eigenvalue weighted by Crippen LogP contribution is -1.91. The van der Waals surface area contributed by atoms with Gasteiger partial charge in [-0.3, -0.25) is 0 Å². The molecule has 10 heteroatoms. The maximum Gasteiger partial charge on any atom is 0.235 e. The first-order chi connectivity index (χ1) is 10.6. The summed E-state index contributed by atoms with van der Waals surface area (Å²) < 4.78 is 18.9. The number of hydrogen-bond donors (Lipinski definition) is 0. The molecule has 0 aliphatic rings. The van der Waals surface area contributed by atoms with Crippen molar-refractivity contribution in [1.82, 2.24) is 29.4 Å². The molecule has 4 rings (SSSR count). The van der Waals surface area contributed by atoms with Crippen molar-refractivity contribution < 1.29 is 4.39 Å². The van der Waals surface area contributed by atoms with E-state index in [1.807, 2.05) is 6.92 Å². The molecule has 0 aliphatic heterocycles. The first-order valence-corrected chi connectivity index (χ1v) is 8.07. The van der Waals surface area contributed by atoms with Crippen molar-refractivity contribution in [2.45, 2.75) is 6.92 Å². The molecule has 0 aliphatic carbocycles. The van der Waals surface area contributed by atoms with Crippen molar-refractivity contribution in [3.63, 3.8) is 0 Å². The van der Waals surface area contributed by atoms with Crippen LogP contribution < -0.4 is 0 Å². The molecule has 0 saturated heterocycles. The maximum absolute atomic E-state index is 13.4. The van der Waals surface area contributed by atoms with Gasteiger partial charge in [-0.2, -0.15) is 9.61 Å². The zero-order valence-electron chi connectivity index (χ0n) is 11.0. The van der Waals surface area contributed by atoms with Crippen molar-refractivity contribution in [1.29, 1.82) is 0 Å². The topological polar surface area (TPSA) is 68.9 Å². The van der Waals surface area contributed by atoms with Crippen LogP contribution in [0.5, 0.6) is 0 Å². The normalized spacial score (nSPS) is 11.4. The van der Waals surface area contributed by atoms with E-state index in [-0.39, 0.29) is 5.82 Å². The van der Waals surface area contributed by atoms with Crippen molar-refractivity contribution in [3.8, 4) is 21.3 Å². The van der Waals surface area contributed by atoms with Gasteiger partial charge in [0.25, 0.3) is 0 Å². The zero-order valence-corrected chi connectivity index (χ0v) is 13.4. The maximum atomic E-state index is 13.4. The highest BCUT2D eigenvalue weighted by atomic mass is 35.5. The Morgan fingerprint density at radius 2 is 2.09 bits per heavy atom. The van der Waals surface area contributed by atoms with Crippen molar-refractivity contribution in [2.75, 3.05) is 0 Å². The van der Waals surface area contributed by atoms with E-state index in [0.29, 0.717) is 26.4 Å². The Labute approximate surface area is 136 Å². The van der Waals surface area contributed by atoms with Crippen LogP contribution in [0.25, 0.3) is 26.2 Å². The number of benzene rings is 1. The van der Waals surface area contributed by atoms with E-state index in [9.17, 15) is 4.39 Å². The number of hydrogen-bond acceptors (Lipinski definition) is 7. The van der Waals surface area contributed by atoms with Gasteiger partial charge in [0, 0.05) is 5.56 Å². The fourth-order valence-electron chi connectivity index (χ4n) is 1.97. The van der Waals surface area contributed by atoms with Crippen molar-refractivity contribution in [2.24, 2.45) is 0 Å². The lowest BCUT2D eigenvalue weighted by atomic mass is 10.2. The predicted molar refractivity (Wildman–Crippen MR) is 82.7 cm³/mol. The van der Waals surface area contributed by atoms with Gasteiger partial charge in [0.15, 0.2) is 5.82 Å². The zero-order chi connectivity index (χ0) is 15.3. The first kappa shape index (κ1) is 13.7. The lowest BCUT2D eigenvalue weighted by molar-refractivity contribution is 0.628. The molecule has 0 N–H and O–H groups in total. The molecule has 0 saturated carbocycles. The van der Waals surface area contributed by atoms with Gasteiger partial charge in [-0.1, -0.05) is 27.4 Å². The van der Waals surface area contributed by atoms with Gasteiger partial charge in [0.2, 0.25) is 4.96 Å². The minimum absolute atomic E-state index is 0.368. The predicted octanol–water partition coefficient (Wildman–Crippen LogP) is 3.47. The molecule has 0 radical (unpaired) electrons. The van der Waals surface area contributed by atoms with E-state index in [2.05, 4.69) is 24.9 Å².